The van der Waals surface area contributed by atoms with Crippen LogP contribution < -0.4 is 9.62 Å². The molecule has 1 aliphatic heterocycles. The molecule has 2 aromatic carbocycles. The summed E-state index contributed by atoms with van der Waals surface area (Å²) in [6.45, 7) is 0.746. The number of hydrogen-bond acceptors (Lipinski definition) is 5. The van der Waals surface area contributed by atoms with Crippen LogP contribution in [0.1, 0.15) is 26.8 Å². The molecule has 32 heavy (non-hydrogen) atoms. The Morgan fingerprint density at radius 2 is 1.97 bits per heavy atom. The second kappa shape index (κ2) is 9.23. The largest absolute Gasteiger partial charge is 0.350 e. The maximum atomic E-state index is 13.4. The van der Waals surface area contributed by atoms with Gasteiger partial charge >= 0.3 is 0 Å². The molecular formula is C23H24ClN3O3S2. The van der Waals surface area contributed by atoms with Gasteiger partial charge in [-0.3, -0.25) is 9.10 Å². The lowest BCUT2D eigenvalue weighted by atomic mass is 10.2. The number of para-hydroxylation sites is 1. The molecule has 1 atom stereocenters. The number of carbonyl (C=O) groups excluding carboxylic acids is 1. The highest BCUT2D eigenvalue weighted by atomic mass is 35.5. The van der Waals surface area contributed by atoms with Crippen molar-refractivity contribution < 1.29 is 13.2 Å². The van der Waals surface area contributed by atoms with Crippen LogP contribution in [0.15, 0.2) is 64.9 Å². The highest BCUT2D eigenvalue weighted by Gasteiger charge is 2.32. The van der Waals surface area contributed by atoms with Gasteiger partial charge in [-0.15, -0.1) is 11.3 Å². The maximum absolute atomic E-state index is 13.4. The molecule has 1 aliphatic rings. The molecule has 3 aromatic rings. The predicted molar refractivity (Wildman–Crippen MR) is 129 cm³/mol. The molecule has 0 unspecified atom stereocenters. The fraction of sp³-hybridized carbons (Fsp3) is 0.261. The van der Waals surface area contributed by atoms with Crippen LogP contribution in [-0.4, -0.2) is 46.4 Å². The number of sulfonamides is 1. The Kier molecular flexibility index (Phi) is 6.57. The number of thiophene rings is 1. The minimum absolute atomic E-state index is 0.0237. The lowest BCUT2D eigenvalue weighted by Crippen LogP contribution is -2.34. The summed E-state index contributed by atoms with van der Waals surface area (Å²) in [6, 6.07) is 15.8. The zero-order valence-corrected chi connectivity index (χ0v) is 20.2. The van der Waals surface area contributed by atoms with Crippen LogP contribution in [-0.2, 0) is 16.4 Å². The first-order valence-corrected chi connectivity index (χ1v) is 12.9. The highest BCUT2D eigenvalue weighted by Crippen LogP contribution is 2.35. The van der Waals surface area contributed by atoms with Gasteiger partial charge in [0.1, 0.15) is 4.90 Å². The van der Waals surface area contributed by atoms with Gasteiger partial charge in [-0.2, -0.15) is 0 Å². The number of amides is 1. The number of nitrogens with one attached hydrogen (secondary N) is 1. The van der Waals surface area contributed by atoms with Crippen LogP contribution in [0.5, 0.6) is 0 Å². The van der Waals surface area contributed by atoms with Crippen molar-refractivity contribution in [2.45, 2.75) is 17.4 Å². The molecule has 0 aliphatic carbocycles. The molecule has 0 fully saturated rings. The van der Waals surface area contributed by atoms with Gasteiger partial charge in [-0.1, -0.05) is 35.9 Å². The van der Waals surface area contributed by atoms with Gasteiger partial charge in [0.15, 0.2) is 0 Å². The summed E-state index contributed by atoms with van der Waals surface area (Å²) >= 11 is 7.91. The zero-order valence-electron chi connectivity index (χ0n) is 17.8. The molecule has 1 aromatic heterocycles. The number of rotatable bonds is 7. The van der Waals surface area contributed by atoms with E-state index in [2.05, 4.69) is 5.32 Å². The van der Waals surface area contributed by atoms with Crippen molar-refractivity contribution in [2.24, 2.45) is 0 Å². The Morgan fingerprint density at radius 3 is 2.69 bits per heavy atom. The van der Waals surface area contributed by atoms with Gasteiger partial charge < -0.3 is 10.2 Å². The monoisotopic (exact) mass is 489 g/mol. The third-order valence-electron chi connectivity index (χ3n) is 5.56. The minimum atomic E-state index is -3.90. The Hall–Kier alpha value is -2.39. The minimum Gasteiger partial charge on any atom is -0.350 e. The summed E-state index contributed by atoms with van der Waals surface area (Å²) < 4.78 is 28.2. The van der Waals surface area contributed by atoms with Crippen molar-refractivity contribution in [1.29, 1.82) is 0 Å². The summed E-state index contributed by atoms with van der Waals surface area (Å²) in [4.78, 5) is 16.0. The lowest BCUT2D eigenvalue weighted by molar-refractivity contribution is 0.0942. The van der Waals surface area contributed by atoms with Crippen LogP contribution >= 0.6 is 22.9 Å². The van der Waals surface area contributed by atoms with Crippen molar-refractivity contribution in [3.8, 4) is 0 Å². The van der Waals surface area contributed by atoms with E-state index in [0.717, 1.165) is 10.4 Å². The molecule has 0 radical (unpaired) electrons. The number of halogens is 1. The number of anilines is 1. The van der Waals surface area contributed by atoms with Gasteiger partial charge in [-0.25, -0.2) is 8.42 Å². The van der Waals surface area contributed by atoms with Crippen LogP contribution in [0.25, 0.3) is 0 Å². The summed E-state index contributed by atoms with van der Waals surface area (Å²) in [5, 5.41) is 5.02. The molecule has 9 heteroatoms. The predicted octanol–water partition coefficient (Wildman–Crippen LogP) is 4.19. The first kappa shape index (κ1) is 22.8. The van der Waals surface area contributed by atoms with Crippen LogP contribution in [0, 0.1) is 0 Å². The smallest absolute Gasteiger partial charge is 0.265 e. The number of benzene rings is 2. The summed E-state index contributed by atoms with van der Waals surface area (Å²) in [7, 11) is 0.00737. The molecule has 1 N–H and O–H groups in total. The molecule has 0 saturated carbocycles. The Morgan fingerprint density at radius 1 is 1.19 bits per heavy atom. The molecule has 2 heterocycles. The van der Waals surface area contributed by atoms with E-state index in [9.17, 15) is 13.2 Å². The van der Waals surface area contributed by atoms with Gasteiger partial charge in [-0.05, 0) is 61.8 Å². The zero-order chi connectivity index (χ0) is 22.9. The first-order chi connectivity index (χ1) is 15.3. The van der Waals surface area contributed by atoms with Crippen molar-refractivity contribution in [3.63, 3.8) is 0 Å². The van der Waals surface area contributed by atoms with Gasteiger partial charge in [0.25, 0.3) is 15.9 Å². The number of fused-ring (bicyclic) bond motifs is 1. The molecule has 0 saturated heterocycles. The van der Waals surface area contributed by atoms with E-state index >= 15 is 0 Å². The van der Waals surface area contributed by atoms with E-state index in [1.165, 1.54) is 16.4 Å². The Bertz CT molecular complexity index is 1230. The van der Waals surface area contributed by atoms with E-state index in [0.29, 0.717) is 25.2 Å². The standard InChI is InChI=1S/C23H24ClN3O3S2/c1-26(2)20(21-8-5-13-31-21)15-25-23(28)17-9-10-18(24)22(14-17)32(29,30)27-12-11-16-6-3-4-7-19(16)27/h3-10,13-14,20H,11-12,15H2,1-2H3,(H,25,28)/t20-/m1/s1. The molecule has 6 nitrogen and oxygen atoms in total. The maximum Gasteiger partial charge on any atom is 0.265 e. The third-order valence-corrected chi connectivity index (χ3v) is 8.83. The second-order valence-corrected chi connectivity index (χ2v) is 11.0. The van der Waals surface area contributed by atoms with Crippen molar-refractivity contribution in [3.05, 3.63) is 81.0 Å². The van der Waals surface area contributed by atoms with E-state index in [1.54, 1.807) is 23.5 Å². The van der Waals surface area contributed by atoms with Gasteiger partial charge in [0.2, 0.25) is 0 Å². The van der Waals surface area contributed by atoms with Gasteiger partial charge in [0, 0.05) is 23.5 Å². The van der Waals surface area contributed by atoms with Crippen molar-refractivity contribution in [1.82, 2.24) is 10.2 Å². The van der Waals surface area contributed by atoms with E-state index in [4.69, 9.17) is 11.6 Å². The third kappa shape index (κ3) is 4.41. The highest BCUT2D eigenvalue weighted by molar-refractivity contribution is 7.93. The molecule has 1 amide bonds. The topological polar surface area (TPSA) is 69.7 Å². The Balaban J connectivity index is 1.57. The number of hydrogen-bond donors (Lipinski definition) is 1. The fourth-order valence-corrected chi connectivity index (χ4v) is 6.76. The fourth-order valence-electron chi connectivity index (χ4n) is 3.83. The molecule has 168 valence electrons. The number of nitrogens with zero attached hydrogens (tertiary/aromatic N) is 2. The van der Waals surface area contributed by atoms with Gasteiger partial charge in [0.05, 0.1) is 16.8 Å². The molecular weight excluding hydrogens is 466 g/mol. The lowest BCUT2D eigenvalue weighted by Gasteiger charge is -2.24. The molecule has 4 rings (SSSR count). The van der Waals surface area contributed by atoms with Crippen molar-refractivity contribution >= 4 is 44.6 Å². The summed E-state index contributed by atoms with van der Waals surface area (Å²) in [5.74, 6) is -0.344. The summed E-state index contributed by atoms with van der Waals surface area (Å²) in [6.07, 6.45) is 0.641. The number of likely N-dealkylation sites (N-methyl/N-ethyl adjacent to an activating group) is 1. The van der Waals surface area contributed by atoms with E-state index < -0.39 is 10.0 Å². The van der Waals surface area contributed by atoms with E-state index in [-0.39, 0.29) is 27.4 Å². The summed E-state index contributed by atoms with van der Waals surface area (Å²) in [5.41, 5.74) is 1.89. The molecule has 0 spiro atoms. The molecule has 0 bridgehead atoms. The second-order valence-electron chi connectivity index (χ2n) is 7.81. The average Bonchev–Trinajstić information content (AvgIpc) is 3.44. The van der Waals surface area contributed by atoms with Crippen LogP contribution in [0.3, 0.4) is 0 Å². The van der Waals surface area contributed by atoms with Crippen LogP contribution in [0.2, 0.25) is 5.02 Å². The average molecular weight is 490 g/mol. The van der Waals surface area contributed by atoms with Crippen molar-refractivity contribution in [2.75, 3.05) is 31.5 Å². The first-order valence-electron chi connectivity index (χ1n) is 10.2. The van der Waals surface area contributed by atoms with Crippen LogP contribution in [0.4, 0.5) is 5.69 Å². The SMILES string of the molecule is CN(C)[C@H](CNC(=O)c1ccc(Cl)c(S(=O)(=O)N2CCc3ccccc32)c1)c1cccs1. The number of carbonyl (C=O) groups is 1. The normalized spacial score (nSPS) is 14.4. The van der Waals surface area contributed by atoms with E-state index in [1.807, 2.05) is 54.7 Å². The quantitative estimate of drug-likeness (QED) is 0.540. The Labute approximate surface area is 197 Å².